The van der Waals surface area contributed by atoms with Gasteiger partial charge in [0.25, 0.3) is 11.7 Å². The van der Waals surface area contributed by atoms with Gasteiger partial charge in [-0.15, -0.1) is 0 Å². The van der Waals surface area contributed by atoms with Crippen molar-refractivity contribution in [2.75, 3.05) is 26.2 Å². The first-order valence-corrected chi connectivity index (χ1v) is 14.5. The number of ether oxygens (including phenoxy) is 2. The van der Waals surface area contributed by atoms with E-state index in [2.05, 4.69) is 18.7 Å². The van der Waals surface area contributed by atoms with Crippen LogP contribution < -0.4 is 9.47 Å². The molecule has 3 aromatic rings. The summed E-state index contributed by atoms with van der Waals surface area (Å²) in [5, 5.41) is 11.5. The molecule has 0 bridgehead atoms. The topological polar surface area (TPSA) is 79.3 Å². The maximum absolute atomic E-state index is 13.5. The lowest BCUT2D eigenvalue weighted by Crippen LogP contribution is -2.33. The lowest BCUT2D eigenvalue weighted by Gasteiger charge is -2.27. The van der Waals surface area contributed by atoms with Gasteiger partial charge in [0.05, 0.1) is 11.6 Å². The molecule has 3 aromatic carbocycles. The van der Waals surface area contributed by atoms with Crippen LogP contribution in [0.25, 0.3) is 5.76 Å². The first kappa shape index (κ1) is 28.4. The number of amides is 1. The Morgan fingerprint density at radius 2 is 1.76 bits per heavy atom. The molecule has 2 aliphatic rings. The van der Waals surface area contributed by atoms with Crippen molar-refractivity contribution in [3.63, 3.8) is 0 Å². The van der Waals surface area contributed by atoms with Crippen molar-refractivity contribution < 1.29 is 24.2 Å². The third kappa shape index (κ3) is 6.15. The number of ketones is 1. The highest BCUT2D eigenvalue weighted by Crippen LogP contribution is 2.41. The fraction of sp³-hybridized carbons (Fsp3) is 0.353. The molecule has 41 heavy (non-hydrogen) atoms. The van der Waals surface area contributed by atoms with Gasteiger partial charge in [-0.3, -0.25) is 9.59 Å². The van der Waals surface area contributed by atoms with Gasteiger partial charge in [-0.05, 0) is 80.0 Å². The van der Waals surface area contributed by atoms with Crippen LogP contribution in [0.2, 0.25) is 0 Å². The Bertz CT molecular complexity index is 1410. The molecule has 0 aliphatic carbocycles. The molecule has 1 N–H and O–H groups in total. The van der Waals surface area contributed by atoms with Crippen LogP contribution in [-0.4, -0.2) is 58.9 Å². The largest absolute Gasteiger partial charge is 0.507 e. The zero-order valence-electron chi connectivity index (χ0n) is 24.0. The molecule has 5 rings (SSSR count). The minimum atomic E-state index is -0.696. The van der Waals surface area contributed by atoms with Gasteiger partial charge in [0.1, 0.15) is 30.0 Å². The van der Waals surface area contributed by atoms with E-state index in [1.54, 1.807) is 11.0 Å². The average molecular weight is 555 g/mol. The van der Waals surface area contributed by atoms with Crippen LogP contribution in [0.3, 0.4) is 0 Å². The highest BCUT2D eigenvalue weighted by atomic mass is 16.5. The van der Waals surface area contributed by atoms with E-state index < -0.39 is 17.7 Å². The van der Waals surface area contributed by atoms with Crippen LogP contribution in [-0.2, 0) is 22.6 Å². The van der Waals surface area contributed by atoms with E-state index in [0.717, 1.165) is 54.9 Å². The molecule has 0 saturated carbocycles. The number of benzene rings is 3. The van der Waals surface area contributed by atoms with E-state index in [-0.39, 0.29) is 17.4 Å². The minimum Gasteiger partial charge on any atom is -0.507 e. The normalized spacial score (nSPS) is 19.5. The summed E-state index contributed by atoms with van der Waals surface area (Å²) < 4.78 is 11.8. The van der Waals surface area contributed by atoms with Gasteiger partial charge in [-0.1, -0.05) is 56.3 Å². The molecule has 214 valence electrons. The lowest BCUT2D eigenvalue weighted by atomic mass is 9.94. The first-order valence-electron chi connectivity index (χ1n) is 14.5. The van der Waals surface area contributed by atoms with Gasteiger partial charge >= 0.3 is 0 Å². The summed E-state index contributed by atoms with van der Waals surface area (Å²) in [4.78, 5) is 30.7. The van der Waals surface area contributed by atoms with E-state index in [1.165, 1.54) is 0 Å². The Morgan fingerprint density at radius 3 is 2.46 bits per heavy atom. The summed E-state index contributed by atoms with van der Waals surface area (Å²) in [5.74, 6) is 0.0622. The number of hydrogen-bond acceptors (Lipinski definition) is 6. The molecule has 2 atom stereocenters. The molecule has 7 nitrogen and oxygen atoms in total. The van der Waals surface area contributed by atoms with Gasteiger partial charge in [-0.25, -0.2) is 0 Å². The SMILES string of the molecule is CCN(CC)CCCN1C(=O)C(=O)C(=C(O)c2ccc3c(c2)C[C@@H](C)O3)[C@H]1c1ccc(OCc2ccccc2)cc1. The van der Waals surface area contributed by atoms with Gasteiger partial charge in [0.2, 0.25) is 0 Å². The van der Waals surface area contributed by atoms with Gasteiger partial charge in [0.15, 0.2) is 0 Å². The number of aliphatic hydroxyl groups is 1. The van der Waals surface area contributed by atoms with E-state index in [1.807, 2.05) is 73.7 Å². The number of nitrogens with zero attached hydrogens (tertiary/aromatic N) is 2. The van der Waals surface area contributed by atoms with E-state index in [4.69, 9.17) is 9.47 Å². The van der Waals surface area contributed by atoms with Crippen molar-refractivity contribution in [1.82, 2.24) is 9.80 Å². The van der Waals surface area contributed by atoms with Crippen LogP contribution in [0.15, 0.2) is 78.4 Å². The quantitative estimate of drug-likeness (QED) is 0.185. The molecule has 0 unspecified atom stereocenters. The van der Waals surface area contributed by atoms with Crippen LogP contribution in [0.1, 0.15) is 55.5 Å². The average Bonchev–Trinajstić information content (AvgIpc) is 3.49. The van der Waals surface area contributed by atoms with E-state index in [9.17, 15) is 14.7 Å². The number of aliphatic hydroxyl groups excluding tert-OH is 1. The van der Waals surface area contributed by atoms with Crippen molar-refractivity contribution in [2.45, 2.75) is 52.4 Å². The summed E-state index contributed by atoms with van der Waals surface area (Å²) in [6.45, 7) is 9.72. The van der Waals surface area contributed by atoms with Crippen LogP contribution in [0.4, 0.5) is 0 Å². The Labute approximate surface area is 242 Å². The molecule has 2 heterocycles. The van der Waals surface area contributed by atoms with Crippen molar-refractivity contribution in [3.8, 4) is 11.5 Å². The van der Waals surface area contributed by atoms with Crippen molar-refractivity contribution in [1.29, 1.82) is 0 Å². The predicted molar refractivity (Wildman–Crippen MR) is 159 cm³/mol. The summed E-state index contributed by atoms with van der Waals surface area (Å²) in [7, 11) is 0. The summed E-state index contributed by atoms with van der Waals surface area (Å²) >= 11 is 0. The van der Waals surface area contributed by atoms with Crippen LogP contribution in [0, 0.1) is 0 Å². The fourth-order valence-electron chi connectivity index (χ4n) is 5.67. The second kappa shape index (κ2) is 12.6. The summed E-state index contributed by atoms with van der Waals surface area (Å²) in [6.07, 6.45) is 1.50. The van der Waals surface area contributed by atoms with Gasteiger partial charge < -0.3 is 24.4 Å². The van der Waals surface area contributed by atoms with Crippen molar-refractivity contribution in [3.05, 3.63) is 101 Å². The number of hydrogen-bond donors (Lipinski definition) is 1. The number of rotatable bonds is 11. The Balaban J connectivity index is 1.46. The molecule has 0 radical (unpaired) electrons. The second-order valence-corrected chi connectivity index (χ2v) is 10.7. The summed E-state index contributed by atoms with van der Waals surface area (Å²) in [5.41, 5.74) is 3.41. The van der Waals surface area contributed by atoms with Gasteiger partial charge in [0, 0.05) is 18.5 Å². The zero-order valence-corrected chi connectivity index (χ0v) is 24.0. The minimum absolute atomic E-state index is 0.0569. The third-order valence-electron chi connectivity index (χ3n) is 7.92. The molecule has 2 aliphatic heterocycles. The highest BCUT2D eigenvalue weighted by Gasteiger charge is 2.46. The smallest absolute Gasteiger partial charge is 0.295 e. The molecule has 1 fully saturated rings. The van der Waals surface area contributed by atoms with Gasteiger partial charge in [-0.2, -0.15) is 0 Å². The number of carbonyl (C=O) groups is 2. The molecular weight excluding hydrogens is 516 g/mol. The monoisotopic (exact) mass is 554 g/mol. The molecular formula is C34H38N2O5. The maximum Gasteiger partial charge on any atom is 0.295 e. The molecule has 1 amide bonds. The molecule has 7 heteroatoms. The highest BCUT2D eigenvalue weighted by molar-refractivity contribution is 6.46. The fourth-order valence-corrected chi connectivity index (χ4v) is 5.67. The first-order chi connectivity index (χ1) is 19.9. The standard InChI is InChI=1S/C34H38N2O5/c1-4-35(5-2)18-9-19-36-31(25-12-15-28(16-13-25)40-22-24-10-7-6-8-11-24)30(33(38)34(36)39)32(37)26-14-17-29-27(21-26)20-23(3)41-29/h6-8,10-17,21,23,31,37H,4-5,9,18-20,22H2,1-3H3/t23-,31-/m1/s1. The Morgan fingerprint density at radius 1 is 1.02 bits per heavy atom. The molecule has 1 saturated heterocycles. The number of fused-ring (bicyclic) bond motifs is 1. The van der Waals surface area contributed by atoms with Crippen molar-refractivity contribution >= 4 is 17.4 Å². The van der Waals surface area contributed by atoms with Crippen LogP contribution in [0.5, 0.6) is 11.5 Å². The maximum atomic E-state index is 13.5. The molecule has 0 spiro atoms. The Kier molecular flexibility index (Phi) is 8.74. The van der Waals surface area contributed by atoms with Crippen molar-refractivity contribution in [2.24, 2.45) is 0 Å². The van der Waals surface area contributed by atoms with E-state index >= 15 is 0 Å². The zero-order chi connectivity index (χ0) is 28.9. The second-order valence-electron chi connectivity index (χ2n) is 10.7. The predicted octanol–water partition coefficient (Wildman–Crippen LogP) is 5.74. The number of likely N-dealkylation sites (tertiary alicyclic amines) is 1. The number of carbonyl (C=O) groups excluding carboxylic acids is 2. The van der Waals surface area contributed by atoms with E-state index in [0.29, 0.717) is 24.5 Å². The lowest BCUT2D eigenvalue weighted by molar-refractivity contribution is -0.140. The summed E-state index contributed by atoms with van der Waals surface area (Å²) in [6, 6.07) is 22.1. The van der Waals surface area contributed by atoms with Crippen LogP contribution >= 0.6 is 0 Å². The molecule has 0 aromatic heterocycles. The number of Topliss-reactive ketones (excluding diaryl/α,β-unsaturated/α-hetero) is 1. The Hall–Kier alpha value is -4.10. The third-order valence-corrected chi connectivity index (χ3v) is 7.92.